The number of benzene rings is 1. The van der Waals surface area contributed by atoms with Gasteiger partial charge in [-0.1, -0.05) is 26.0 Å². The molecule has 1 aromatic carbocycles. The van der Waals surface area contributed by atoms with E-state index >= 15 is 0 Å². The highest BCUT2D eigenvalue weighted by molar-refractivity contribution is 6.09. The number of nitrogens with one attached hydrogen (secondary N) is 1. The maximum absolute atomic E-state index is 12.2. The molecule has 4 heteroatoms. The molecule has 0 fully saturated rings. The molecule has 118 valence electrons. The van der Waals surface area contributed by atoms with Gasteiger partial charge in [-0.15, -0.1) is 0 Å². The van der Waals surface area contributed by atoms with Crippen molar-refractivity contribution in [2.24, 2.45) is 0 Å². The molecule has 0 saturated carbocycles. The smallest absolute Gasteiger partial charge is 0.266 e. The molecule has 1 aromatic heterocycles. The number of carbonyl (C=O) groups is 1. The summed E-state index contributed by atoms with van der Waals surface area (Å²) in [5, 5.41) is 11.9. The fraction of sp³-hybridized carbons (Fsp3) is 0.263. The standard InChI is InChI=1S/C19H20N2O2/c1-4-13(2)15-6-8-17(9-7-15)21-19(22)16(12-20)11-18-10-5-14(3)23-18/h5-11,13H,4H2,1-3H3,(H,21,22)/b16-11+/t13-/m0/s1. The van der Waals surface area contributed by atoms with Crippen LogP contribution in [0.15, 0.2) is 46.4 Å². The number of furan rings is 1. The maximum Gasteiger partial charge on any atom is 0.266 e. The van der Waals surface area contributed by atoms with Crippen LogP contribution in [0.4, 0.5) is 5.69 Å². The number of hydrogen-bond donors (Lipinski definition) is 1. The van der Waals surface area contributed by atoms with Crippen molar-refractivity contribution in [2.75, 3.05) is 5.32 Å². The third kappa shape index (κ3) is 4.33. The van der Waals surface area contributed by atoms with Gasteiger partial charge in [-0.05, 0) is 49.1 Å². The number of aryl methyl sites for hydroxylation is 1. The molecule has 0 unspecified atom stereocenters. The average Bonchev–Trinajstić information content (AvgIpc) is 2.97. The van der Waals surface area contributed by atoms with Crippen LogP contribution < -0.4 is 5.32 Å². The van der Waals surface area contributed by atoms with Gasteiger partial charge in [-0.2, -0.15) is 5.26 Å². The van der Waals surface area contributed by atoms with Crippen molar-refractivity contribution in [3.8, 4) is 6.07 Å². The van der Waals surface area contributed by atoms with E-state index in [1.165, 1.54) is 11.6 Å². The van der Waals surface area contributed by atoms with Gasteiger partial charge in [0.25, 0.3) is 5.91 Å². The van der Waals surface area contributed by atoms with Gasteiger partial charge in [0.15, 0.2) is 0 Å². The molecule has 0 aliphatic heterocycles. The Morgan fingerprint density at radius 2 is 2.00 bits per heavy atom. The van der Waals surface area contributed by atoms with Crippen LogP contribution in [0.2, 0.25) is 0 Å². The van der Waals surface area contributed by atoms with Crippen molar-refractivity contribution in [3.05, 3.63) is 59.1 Å². The van der Waals surface area contributed by atoms with Crippen LogP contribution in [-0.4, -0.2) is 5.91 Å². The first kappa shape index (κ1) is 16.6. The molecule has 2 aromatic rings. The summed E-state index contributed by atoms with van der Waals surface area (Å²) in [4.78, 5) is 12.2. The summed E-state index contributed by atoms with van der Waals surface area (Å²) in [6.07, 6.45) is 2.51. The van der Waals surface area contributed by atoms with Gasteiger partial charge in [0.2, 0.25) is 0 Å². The minimum Gasteiger partial charge on any atom is -0.462 e. The second-order valence-electron chi connectivity index (χ2n) is 5.50. The summed E-state index contributed by atoms with van der Waals surface area (Å²) >= 11 is 0. The molecule has 1 amide bonds. The van der Waals surface area contributed by atoms with Gasteiger partial charge in [-0.3, -0.25) is 4.79 Å². The van der Waals surface area contributed by atoms with E-state index in [9.17, 15) is 10.1 Å². The first-order chi connectivity index (χ1) is 11.0. The number of amides is 1. The van der Waals surface area contributed by atoms with E-state index in [4.69, 9.17) is 4.42 Å². The predicted octanol–water partition coefficient (Wildman–Crippen LogP) is 4.65. The number of nitrogens with zero attached hydrogens (tertiary/aromatic N) is 1. The molecule has 0 aliphatic carbocycles. The quantitative estimate of drug-likeness (QED) is 0.646. The third-order valence-corrected chi connectivity index (χ3v) is 3.76. The Morgan fingerprint density at radius 3 is 2.52 bits per heavy atom. The van der Waals surface area contributed by atoms with Gasteiger partial charge in [0, 0.05) is 11.8 Å². The van der Waals surface area contributed by atoms with Crippen molar-refractivity contribution < 1.29 is 9.21 Å². The van der Waals surface area contributed by atoms with Crippen molar-refractivity contribution in [1.29, 1.82) is 5.26 Å². The number of nitriles is 1. The first-order valence-electron chi connectivity index (χ1n) is 7.63. The summed E-state index contributed by atoms with van der Waals surface area (Å²) in [6, 6.07) is 13.1. The zero-order chi connectivity index (χ0) is 16.8. The monoisotopic (exact) mass is 308 g/mol. The number of hydrogen-bond acceptors (Lipinski definition) is 3. The first-order valence-corrected chi connectivity index (χ1v) is 7.63. The van der Waals surface area contributed by atoms with Crippen LogP contribution in [0, 0.1) is 18.3 Å². The fourth-order valence-electron chi connectivity index (χ4n) is 2.15. The zero-order valence-corrected chi connectivity index (χ0v) is 13.6. The van der Waals surface area contributed by atoms with Crippen molar-refractivity contribution in [2.45, 2.75) is 33.1 Å². The molecule has 0 saturated heterocycles. The Hall–Kier alpha value is -2.80. The highest BCUT2D eigenvalue weighted by Crippen LogP contribution is 2.21. The number of anilines is 1. The van der Waals surface area contributed by atoms with Crippen molar-refractivity contribution in [3.63, 3.8) is 0 Å². The Balaban J connectivity index is 2.11. The van der Waals surface area contributed by atoms with Crippen LogP contribution in [0.1, 0.15) is 43.3 Å². The lowest BCUT2D eigenvalue weighted by molar-refractivity contribution is -0.112. The Kier molecular flexibility index (Phi) is 5.37. The number of carbonyl (C=O) groups excluding carboxylic acids is 1. The summed E-state index contributed by atoms with van der Waals surface area (Å²) in [5.74, 6) is 1.25. The highest BCUT2D eigenvalue weighted by Gasteiger charge is 2.11. The lowest BCUT2D eigenvalue weighted by Gasteiger charge is -2.10. The summed E-state index contributed by atoms with van der Waals surface area (Å²) in [7, 11) is 0. The lowest BCUT2D eigenvalue weighted by Crippen LogP contribution is -2.13. The van der Waals surface area contributed by atoms with Crippen LogP contribution in [0.25, 0.3) is 6.08 Å². The third-order valence-electron chi connectivity index (χ3n) is 3.76. The maximum atomic E-state index is 12.2. The molecular weight excluding hydrogens is 288 g/mol. The van der Waals surface area contributed by atoms with E-state index in [0.717, 1.165) is 12.2 Å². The van der Waals surface area contributed by atoms with Crippen LogP contribution >= 0.6 is 0 Å². The van der Waals surface area contributed by atoms with E-state index in [1.807, 2.05) is 37.3 Å². The zero-order valence-electron chi connectivity index (χ0n) is 13.6. The summed E-state index contributed by atoms with van der Waals surface area (Å²) < 4.78 is 5.36. The molecular formula is C19H20N2O2. The second-order valence-corrected chi connectivity index (χ2v) is 5.50. The van der Waals surface area contributed by atoms with E-state index in [0.29, 0.717) is 17.4 Å². The van der Waals surface area contributed by atoms with Gasteiger partial charge >= 0.3 is 0 Å². The lowest BCUT2D eigenvalue weighted by atomic mass is 9.98. The number of rotatable bonds is 5. The second kappa shape index (κ2) is 7.46. The van der Waals surface area contributed by atoms with Gasteiger partial charge in [0.05, 0.1) is 0 Å². The predicted molar refractivity (Wildman–Crippen MR) is 90.8 cm³/mol. The van der Waals surface area contributed by atoms with Crippen LogP contribution in [0.3, 0.4) is 0 Å². The van der Waals surface area contributed by atoms with E-state index in [2.05, 4.69) is 19.2 Å². The SMILES string of the molecule is CC[C@H](C)c1ccc(NC(=O)/C(C#N)=C/c2ccc(C)o2)cc1. The average molecular weight is 308 g/mol. The van der Waals surface area contributed by atoms with E-state index in [-0.39, 0.29) is 5.57 Å². The van der Waals surface area contributed by atoms with Gasteiger partial charge < -0.3 is 9.73 Å². The van der Waals surface area contributed by atoms with Crippen LogP contribution in [-0.2, 0) is 4.79 Å². The van der Waals surface area contributed by atoms with Crippen molar-refractivity contribution in [1.82, 2.24) is 0 Å². The minimum atomic E-state index is -0.446. The van der Waals surface area contributed by atoms with E-state index < -0.39 is 5.91 Å². The Morgan fingerprint density at radius 1 is 1.30 bits per heavy atom. The van der Waals surface area contributed by atoms with Gasteiger partial charge in [0.1, 0.15) is 23.2 Å². The summed E-state index contributed by atoms with van der Waals surface area (Å²) in [5.41, 5.74) is 1.90. The molecule has 0 bridgehead atoms. The highest BCUT2D eigenvalue weighted by atomic mass is 16.3. The molecule has 1 atom stereocenters. The largest absolute Gasteiger partial charge is 0.462 e. The normalized spacial score (nSPS) is 12.5. The summed E-state index contributed by atoms with van der Waals surface area (Å²) in [6.45, 7) is 6.11. The van der Waals surface area contributed by atoms with Crippen molar-refractivity contribution >= 4 is 17.7 Å². The molecule has 2 rings (SSSR count). The van der Waals surface area contributed by atoms with Gasteiger partial charge in [-0.25, -0.2) is 0 Å². The minimum absolute atomic E-state index is 0.00496. The molecule has 23 heavy (non-hydrogen) atoms. The van der Waals surface area contributed by atoms with E-state index in [1.54, 1.807) is 12.1 Å². The fourth-order valence-corrected chi connectivity index (χ4v) is 2.15. The van der Waals surface area contributed by atoms with Crippen LogP contribution in [0.5, 0.6) is 0 Å². The topological polar surface area (TPSA) is 66.0 Å². The molecule has 0 radical (unpaired) electrons. The Labute approximate surface area is 136 Å². The molecule has 0 aliphatic rings. The molecule has 4 nitrogen and oxygen atoms in total. The molecule has 1 N–H and O–H groups in total. The molecule has 0 spiro atoms. The molecule has 1 heterocycles. The Bertz CT molecular complexity index is 748.